The molecule has 2 heterocycles. The minimum absolute atomic E-state index is 0.0129. The molecule has 0 atom stereocenters. The third-order valence-electron chi connectivity index (χ3n) is 7.01. The highest BCUT2D eigenvalue weighted by atomic mass is 19.4. The molecule has 1 aliphatic heterocycles. The van der Waals surface area contributed by atoms with Crippen LogP contribution in [0.1, 0.15) is 36.0 Å². The van der Waals surface area contributed by atoms with Crippen LogP contribution in [0.2, 0.25) is 0 Å². The topological polar surface area (TPSA) is 37.0 Å². The Kier molecular flexibility index (Phi) is 7.23. The second-order valence-corrected chi connectivity index (χ2v) is 9.51. The quantitative estimate of drug-likeness (QED) is 0.286. The van der Waals surface area contributed by atoms with Crippen molar-refractivity contribution in [1.29, 1.82) is 0 Å². The Hall–Kier alpha value is -3.38. The van der Waals surface area contributed by atoms with E-state index in [9.17, 15) is 13.2 Å². The molecule has 5 rings (SSSR count). The monoisotopic (exact) mass is 489 g/mol. The van der Waals surface area contributed by atoms with Crippen molar-refractivity contribution in [2.24, 2.45) is 5.92 Å². The molecule has 36 heavy (non-hydrogen) atoms. The first-order valence-electron chi connectivity index (χ1n) is 12.6. The average Bonchev–Trinajstić information content (AvgIpc) is 2.89. The van der Waals surface area contributed by atoms with Gasteiger partial charge < -0.3 is 10.6 Å². The van der Waals surface area contributed by atoms with Crippen molar-refractivity contribution in [1.82, 2.24) is 10.3 Å². The van der Waals surface area contributed by atoms with Crippen molar-refractivity contribution in [3.05, 3.63) is 95.7 Å². The molecular formula is C30H30F3N3. The maximum absolute atomic E-state index is 13.8. The number of para-hydroxylation sites is 1. The molecular weight excluding hydrogens is 459 g/mol. The lowest BCUT2D eigenvalue weighted by Crippen LogP contribution is -2.28. The van der Waals surface area contributed by atoms with Crippen molar-refractivity contribution < 1.29 is 13.2 Å². The maximum Gasteiger partial charge on any atom is 0.418 e. The third-order valence-corrected chi connectivity index (χ3v) is 7.01. The number of anilines is 1. The number of benzene rings is 3. The summed E-state index contributed by atoms with van der Waals surface area (Å²) in [5, 5.41) is 7.46. The van der Waals surface area contributed by atoms with E-state index in [4.69, 9.17) is 0 Å². The summed E-state index contributed by atoms with van der Waals surface area (Å²) in [6.45, 7) is 3.04. The van der Waals surface area contributed by atoms with Crippen molar-refractivity contribution in [2.45, 2.75) is 31.9 Å². The van der Waals surface area contributed by atoms with E-state index >= 15 is 0 Å². The Balaban J connectivity index is 1.52. The number of nitrogens with zero attached hydrogens (tertiary/aromatic N) is 1. The summed E-state index contributed by atoms with van der Waals surface area (Å²) in [5.74, 6) is 0.726. The summed E-state index contributed by atoms with van der Waals surface area (Å²) in [6.07, 6.45) is 1.24. The van der Waals surface area contributed by atoms with Gasteiger partial charge in [0.1, 0.15) is 0 Å². The van der Waals surface area contributed by atoms with Crippen LogP contribution in [0.4, 0.5) is 18.9 Å². The van der Waals surface area contributed by atoms with E-state index < -0.39 is 11.7 Å². The first kappa shape index (κ1) is 24.3. The Morgan fingerprint density at radius 2 is 1.69 bits per heavy atom. The lowest BCUT2D eigenvalue weighted by Gasteiger charge is -2.22. The van der Waals surface area contributed by atoms with Crippen LogP contribution in [0.5, 0.6) is 0 Å². The highest BCUT2D eigenvalue weighted by molar-refractivity contribution is 5.98. The molecule has 0 aliphatic carbocycles. The Labute approximate surface area is 209 Å². The van der Waals surface area contributed by atoms with Gasteiger partial charge in [0.15, 0.2) is 0 Å². The highest BCUT2D eigenvalue weighted by Gasteiger charge is 2.33. The fraction of sp³-hybridized carbons (Fsp3) is 0.300. The summed E-state index contributed by atoms with van der Waals surface area (Å²) in [4.78, 5) is 4.31. The molecule has 0 bridgehead atoms. The molecule has 1 fully saturated rings. The van der Waals surface area contributed by atoms with Crippen molar-refractivity contribution in [3.63, 3.8) is 0 Å². The summed E-state index contributed by atoms with van der Waals surface area (Å²) in [6, 6.07) is 22.3. The molecule has 4 aromatic rings. The number of pyridine rings is 1. The number of alkyl halides is 3. The van der Waals surface area contributed by atoms with Gasteiger partial charge in [-0.15, -0.1) is 0 Å². The van der Waals surface area contributed by atoms with E-state index in [0.717, 1.165) is 66.0 Å². The maximum atomic E-state index is 13.8. The number of hydrogen-bond donors (Lipinski definition) is 2. The second kappa shape index (κ2) is 10.7. The molecule has 0 saturated carbocycles. The van der Waals surface area contributed by atoms with E-state index in [1.54, 1.807) is 12.3 Å². The van der Waals surface area contributed by atoms with Gasteiger partial charge in [0.25, 0.3) is 0 Å². The van der Waals surface area contributed by atoms with Gasteiger partial charge in [-0.2, -0.15) is 13.2 Å². The summed E-state index contributed by atoms with van der Waals surface area (Å²) in [7, 11) is 0. The standard InChI is InChI=1S/C30H30F3N3/c31-30(32,33)27-11-5-10-26-28(24(20-36-29(26)27)18-22-6-2-1-3-7-22)23-8-4-9-25(19-23)35-17-14-21-12-15-34-16-13-21/h1-11,19-21,34-35H,12-18H2. The zero-order valence-corrected chi connectivity index (χ0v) is 20.1. The first-order valence-corrected chi connectivity index (χ1v) is 12.6. The van der Waals surface area contributed by atoms with Crippen molar-refractivity contribution >= 4 is 16.6 Å². The summed E-state index contributed by atoms with van der Waals surface area (Å²) in [5.41, 5.74) is 3.94. The number of rotatable bonds is 7. The predicted molar refractivity (Wildman–Crippen MR) is 140 cm³/mol. The molecule has 1 aromatic heterocycles. The Bertz CT molecular complexity index is 1310. The summed E-state index contributed by atoms with van der Waals surface area (Å²) < 4.78 is 41.4. The number of halogens is 3. The number of fused-ring (bicyclic) bond motifs is 1. The van der Waals surface area contributed by atoms with Crippen LogP contribution in [-0.4, -0.2) is 24.6 Å². The zero-order chi connectivity index (χ0) is 25.0. The molecule has 2 N–H and O–H groups in total. The van der Waals surface area contributed by atoms with Gasteiger partial charge >= 0.3 is 6.18 Å². The number of nitrogens with one attached hydrogen (secondary N) is 2. The van der Waals surface area contributed by atoms with E-state index in [2.05, 4.69) is 15.6 Å². The lowest BCUT2D eigenvalue weighted by atomic mass is 9.91. The van der Waals surface area contributed by atoms with Crippen LogP contribution in [0.25, 0.3) is 22.0 Å². The molecule has 1 aliphatic rings. The molecule has 0 spiro atoms. The normalized spacial score (nSPS) is 14.8. The van der Waals surface area contributed by atoms with Crippen LogP contribution in [0.15, 0.2) is 79.0 Å². The third kappa shape index (κ3) is 5.54. The van der Waals surface area contributed by atoms with Crippen LogP contribution < -0.4 is 10.6 Å². The zero-order valence-electron chi connectivity index (χ0n) is 20.1. The minimum Gasteiger partial charge on any atom is -0.385 e. The molecule has 1 saturated heterocycles. The van der Waals surface area contributed by atoms with E-state index in [1.807, 2.05) is 54.6 Å². The lowest BCUT2D eigenvalue weighted by molar-refractivity contribution is -0.136. The second-order valence-electron chi connectivity index (χ2n) is 9.51. The van der Waals surface area contributed by atoms with E-state index in [1.165, 1.54) is 18.9 Å². The summed E-state index contributed by atoms with van der Waals surface area (Å²) >= 11 is 0. The van der Waals surface area contributed by atoms with Gasteiger partial charge in [0.2, 0.25) is 0 Å². The SMILES string of the molecule is FC(F)(F)c1cccc2c(-c3cccc(NCCC4CCNCC4)c3)c(Cc3ccccc3)cnc12. The van der Waals surface area contributed by atoms with Gasteiger partial charge in [0.05, 0.1) is 11.1 Å². The fourth-order valence-corrected chi connectivity index (χ4v) is 5.16. The number of aromatic nitrogens is 1. The van der Waals surface area contributed by atoms with E-state index in [-0.39, 0.29) is 5.52 Å². The van der Waals surface area contributed by atoms with E-state index in [0.29, 0.717) is 11.8 Å². The van der Waals surface area contributed by atoms with Crippen LogP contribution in [-0.2, 0) is 12.6 Å². The molecule has 3 nitrogen and oxygen atoms in total. The largest absolute Gasteiger partial charge is 0.418 e. The van der Waals surface area contributed by atoms with Gasteiger partial charge in [-0.25, -0.2) is 0 Å². The van der Waals surface area contributed by atoms with Gasteiger partial charge in [-0.05, 0) is 85.1 Å². The Morgan fingerprint density at radius 3 is 2.47 bits per heavy atom. The molecule has 0 amide bonds. The average molecular weight is 490 g/mol. The van der Waals surface area contributed by atoms with Gasteiger partial charge in [0, 0.05) is 23.8 Å². The minimum atomic E-state index is -4.47. The molecule has 186 valence electrons. The highest BCUT2D eigenvalue weighted by Crippen LogP contribution is 2.39. The molecule has 0 unspecified atom stereocenters. The van der Waals surface area contributed by atoms with Crippen LogP contribution in [0, 0.1) is 5.92 Å². The van der Waals surface area contributed by atoms with Crippen LogP contribution >= 0.6 is 0 Å². The van der Waals surface area contributed by atoms with Gasteiger partial charge in [-0.1, -0.05) is 54.6 Å². The fourth-order valence-electron chi connectivity index (χ4n) is 5.16. The van der Waals surface area contributed by atoms with Crippen molar-refractivity contribution in [3.8, 4) is 11.1 Å². The van der Waals surface area contributed by atoms with Crippen molar-refractivity contribution in [2.75, 3.05) is 25.0 Å². The number of piperidine rings is 1. The first-order chi connectivity index (χ1) is 17.5. The number of hydrogen-bond acceptors (Lipinski definition) is 3. The van der Waals surface area contributed by atoms with Crippen LogP contribution in [0.3, 0.4) is 0 Å². The smallest absolute Gasteiger partial charge is 0.385 e. The molecule has 0 radical (unpaired) electrons. The van der Waals surface area contributed by atoms with Gasteiger partial charge in [-0.3, -0.25) is 4.98 Å². The molecule has 3 aromatic carbocycles. The Morgan fingerprint density at radius 1 is 0.917 bits per heavy atom. The predicted octanol–water partition coefficient (Wildman–Crippen LogP) is 7.31. The molecule has 6 heteroatoms.